The van der Waals surface area contributed by atoms with Crippen LogP contribution < -0.4 is 16.2 Å². The Hall–Kier alpha value is -3.66. The molecule has 0 saturated carbocycles. The summed E-state index contributed by atoms with van der Waals surface area (Å²) in [6, 6.07) is 14.2. The topological polar surface area (TPSA) is 95.4 Å². The molecule has 45 heavy (non-hydrogen) atoms. The van der Waals surface area contributed by atoms with Crippen LogP contribution in [0.2, 0.25) is 10.0 Å². The lowest BCUT2D eigenvalue weighted by Crippen LogP contribution is -2.39. The van der Waals surface area contributed by atoms with Crippen molar-refractivity contribution in [2.45, 2.75) is 58.0 Å². The maximum atomic E-state index is 13.8. The lowest BCUT2D eigenvalue weighted by molar-refractivity contribution is -0.129. The van der Waals surface area contributed by atoms with Gasteiger partial charge in [-0.15, -0.1) is 0 Å². The van der Waals surface area contributed by atoms with E-state index in [1.807, 2.05) is 36.1 Å². The smallest absolute Gasteiger partial charge is 0.260 e. The fraction of sp³-hybridized carbons (Fsp3) is 0.412. The molecule has 0 spiro atoms. The molecule has 4 heterocycles. The van der Waals surface area contributed by atoms with Gasteiger partial charge in [-0.05, 0) is 100 Å². The summed E-state index contributed by atoms with van der Waals surface area (Å²) in [7, 11) is 2.16. The molecule has 0 bridgehead atoms. The average Bonchev–Trinajstić information content (AvgIpc) is 3.02. The van der Waals surface area contributed by atoms with E-state index in [-0.39, 0.29) is 17.4 Å². The molecule has 9 nitrogen and oxygen atoms in total. The first-order valence-corrected chi connectivity index (χ1v) is 16.4. The zero-order chi connectivity index (χ0) is 31.7. The predicted octanol–water partition coefficient (Wildman–Crippen LogP) is 6.76. The molecule has 0 radical (unpaired) electrons. The number of carbonyl (C=O) groups excluding carboxylic acids is 1. The highest BCUT2D eigenvalue weighted by Crippen LogP contribution is 2.39. The molecule has 0 aliphatic carbocycles. The van der Waals surface area contributed by atoms with Crippen molar-refractivity contribution in [1.82, 2.24) is 24.3 Å². The van der Waals surface area contributed by atoms with E-state index >= 15 is 0 Å². The van der Waals surface area contributed by atoms with Crippen LogP contribution in [0.15, 0.2) is 53.5 Å². The number of piperidine rings is 2. The molecule has 6 rings (SSSR count). The van der Waals surface area contributed by atoms with Gasteiger partial charge in [-0.3, -0.25) is 14.2 Å². The first-order chi connectivity index (χ1) is 21.7. The Morgan fingerprint density at radius 3 is 2.33 bits per heavy atom. The largest absolute Gasteiger partial charge is 0.381 e. The summed E-state index contributed by atoms with van der Waals surface area (Å²) in [4.78, 5) is 39.1. The number of fused-ring (bicyclic) bond motifs is 1. The minimum absolute atomic E-state index is 0.0972. The Morgan fingerprint density at radius 1 is 1.00 bits per heavy atom. The maximum absolute atomic E-state index is 13.8. The molecular weight excluding hydrogens is 609 g/mol. The second kappa shape index (κ2) is 13.4. The molecule has 2 aliphatic rings. The summed E-state index contributed by atoms with van der Waals surface area (Å²) >= 11 is 13.7. The van der Waals surface area contributed by atoms with Crippen molar-refractivity contribution in [2.75, 3.05) is 43.9 Å². The number of rotatable bonds is 7. The minimum Gasteiger partial charge on any atom is -0.381 e. The van der Waals surface area contributed by atoms with Crippen molar-refractivity contribution in [2.24, 2.45) is 0 Å². The summed E-state index contributed by atoms with van der Waals surface area (Å²) < 4.78 is 1.63. The molecule has 2 aromatic heterocycles. The zero-order valence-corrected chi connectivity index (χ0v) is 27.5. The van der Waals surface area contributed by atoms with Gasteiger partial charge in [0.1, 0.15) is 5.65 Å². The zero-order valence-electron chi connectivity index (χ0n) is 25.9. The van der Waals surface area contributed by atoms with Crippen LogP contribution in [0.4, 0.5) is 17.3 Å². The molecule has 1 unspecified atom stereocenters. The summed E-state index contributed by atoms with van der Waals surface area (Å²) in [6.45, 7) is 7.54. The van der Waals surface area contributed by atoms with Gasteiger partial charge in [0, 0.05) is 67.7 Å². The monoisotopic (exact) mass is 647 g/mol. The number of anilines is 3. The summed E-state index contributed by atoms with van der Waals surface area (Å²) in [5.74, 6) is 0.752. The van der Waals surface area contributed by atoms with Crippen molar-refractivity contribution >= 4 is 57.5 Å². The number of halogens is 2. The lowest BCUT2D eigenvalue weighted by atomic mass is 9.88. The SMILES string of the molecule is CCn1c(=O)c(-c2c(Cl)cc(C3CCN(C(C)=O)CC3)cc2Cl)cc2cnc(Nc3ccc(NC4CCCN(C)C4)cc3)nc21. The Morgan fingerprint density at radius 2 is 1.69 bits per heavy atom. The molecule has 236 valence electrons. The highest BCUT2D eigenvalue weighted by molar-refractivity contribution is 6.39. The number of nitrogens with zero attached hydrogens (tertiary/aromatic N) is 5. The molecule has 2 saturated heterocycles. The van der Waals surface area contributed by atoms with Crippen LogP contribution in [-0.4, -0.2) is 69.5 Å². The number of pyridine rings is 1. The van der Waals surface area contributed by atoms with Crippen LogP contribution in [0.1, 0.15) is 51.0 Å². The van der Waals surface area contributed by atoms with E-state index in [0.717, 1.165) is 42.9 Å². The van der Waals surface area contributed by atoms with E-state index in [1.54, 1.807) is 23.8 Å². The number of benzene rings is 2. The van der Waals surface area contributed by atoms with Crippen molar-refractivity contribution < 1.29 is 4.79 Å². The molecule has 11 heteroatoms. The van der Waals surface area contributed by atoms with Crippen molar-refractivity contribution in [3.63, 3.8) is 0 Å². The lowest BCUT2D eigenvalue weighted by Gasteiger charge is -2.31. The van der Waals surface area contributed by atoms with E-state index in [2.05, 4.69) is 39.7 Å². The van der Waals surface area contributed by atoms with E-state index in [1.165, 1.54) is 12.8 Å². The molecule has 4 aromatic rings. The molecule has 2 aromatic carbocycles. The van der Waals surface area contributed by atoms with E-state index in [4.69, 9.17) is 28.2 Å². The number of nitrogens with one attached hydrogen (secondary N) is 2. The van der Waals surface area contributed by atoms with E-state index < -0.39 is 0 Å². The summed E-state index contributed by atoms with van der Waals surface area (Å²) in [5.41, 5.74) is 4.19. The number of hydrogen-bond donors (Lipinski definition) is 2. The van der Waals surface area contributed by atoms with Crippen molar-refractivity contribution in [1.29, 1.82) is 0 Å². The van der Waals surface area contributed by atoms with E-state index in [9.17, 15) is 9.59 Å². The summed E-state index contributed by atoms with van der Waals surface area (Å²) in [5, 5.41) is 8.47. The van der Waals surface area contributed by atoms with Crippen LogP contribution >= 0.6 is 23.2 Å². The van der Waals surface area contributed by atoms with Gasteiger partial charge in [0.25, 0.3) is 5.56 Å². The minimum atomic E-state index is -0.218. The maximum Gasteiger partial charge on any atom is 0.260 e. The van der Waals surface area contributed by atoms with Crippen LogP contribution in [-0.2, 0) is 11.3 Å². The van der Waals surface area contributed by atoms with Crippen LogP contribution in [0.5, 0.6) is 0 Å². The van der Waals surface area contributed by atoms with Gasteiger partial charge < -0.3 is 20.4 Å². The Kier molecular flexibility index (Phi) is 9.31. The Labute approximate surface area is 273 Å². The highest BCUT2D eigenvalue weighted by atomic mass is 35.5. The van der Waals surface area contributed by atoms with E-state index in [0.29, 0.717) is 63.8 Å². The standard InChI is InChI=1S/C34H39Cl2N7O2/c1-4-43-32-24(19-37-34(40-32)39-26-9-7-25(8-10-26)38-27-6-5-13-41(3)20-27)16-28(33(43)45)31-29(35)17-23(18-30(31)36)22-11-14-42(15-12-22)21(2)44/h7-10,16-19,22,27,38H,4-6,11-15,20H2,1-3H3,(H,37,39,40). The third-order valence-corrected chi connectivity index (χ3v) is 9.62. The summed E-state index contributed by atoms with van der Waals surface area (Å²) in [6.07, 6.45) is 5.78. The second-order valence-electron chi connectivity index (χ2n) is 12.2. The van der Waals surface area contributed by atoms with Crippen molar-refractivity contribution in [3.05, 3.63) is 74.6 Å². The van der Waals surface area contributed by atoms with Gasteiger partial charge in [-0.2, -0.15) is 4.98 Å². The highest BCUT2D eigenvalue weighted by Gasteiger charge is 2.25. The predicted molar refractivity (Wildman–Crippen MR) is 183 cm³/mol. The van der Waals surface area contributed by atoms with Crippen LogP contribution in [0.25, 0.3) is 22.2 Å². The number of aromatic nitrogens is 3. The second-order valence-corrected chi connectivity index (χ2v) is 13.0. The van der Waals surface area contributed by atoms with Gasteiger partial charge in [0.2, 0.25) is 11.9 Å². The van der Waals surface area contributed by atoms with Gasteiger partial charge in [-0.1, -0.05) is 23.2 Å². The molecular formula is C34H39Cl2N7O2. The average molecular weight is 649 g/mol. The fourth-order valence-electron chi connectivity index (χ4n) is 6.60. The first kappa shape index (κ1) is 31.3. The van der Waals surface area contributed by atoms with Crippen molar-refractivity contribution in [3.8, 4) is 11.1 Å². The molecule has 2 N–H and O–H groups in total. The molecule has 2 aliphatic heterocycles. The molecule has 1 amide bonds. The van der Waals surface area contributed by atoms with Gasteiger partial charge in [0.05, 0.1) is 15.6 Å². The van der Waals surface area contributed by atoms with Crippen LogP contribution in [0, 0.1) is 0 Å². The molecule has 2 fully saturated rings. The number of hydrogen-bond acceptors (Lipinski definition) is 7. The number of likely N-dealkylation sites (N-methyl/N-ethyl adjacent to an activating group) is 1. The van der Waals surface area contributed by atoms with Gasteiger partial charge in [0.15, 0.2) is 0 Å². The normalized spacial score (nSPS) is 17.9. The Balaban J connectivity index is 1.23. The fourth-order valence-corrected chi connectivity index (χ4v) is 7.31. The van der Waals surface area contributed by atoms with Gasteiger partial charge in [-0.25, -0.2) is 4.98 Å². The number of likely N-dealkylation sites (tertiary alicyclic amines) is 2. The third kappa shape index (κ3) is 6.81. The molecule has 1 atom stereocenters. The van der Waals surface area contributed by atoms with Crippen LogP contribution in [0.3, 0.4) is 0 Å². The third-order valence-electron chi connectivity index (χ3n) is 9.02. The number of carbonyl (C=O) groups is 1. The Bertz CT molecular complexity index is 1740. The quantitative estimate of drug-likeness (QED) is 0.229. The number of aryl methyl sites for hydroxylation is 1. The van der Waals surface area contributed by atoms with Gasteiger partial charge >= 0.3 is 0 Å². The first-order valence-electron chi connectivity index (χ1n) is 15.7. The number of amides is 1.